The molecule has 0 spiro atoms. The van der Waals surface area contributed by atoms with Crippen molar-refractivity contribution in [3.8, 4) is 0 Å². The molecule has 86 valence electrons. The predicted octanol–water partition coefficient (Wildman–Crippen LogP) is 4.58. The summed E-state index contributed by atoms with van der Waals surface area (Å²) >= 11 is 3.33. The maximum absolute atomic E-state index is 4.72. The molecule has 2 heteroatoms. The molecule has 0 fully saturated rings. The highest BCUT2D eigenvalue weighted by Crippen LogP contribution is 2.30. The highest BCUT2D eigenvalue weighted by atomic mass is 79.9. The van der Waals surface area contributed by atoms with Crippen LogP contribution >= 0.6 is 15.9 Å². The Morgan fingerprint density at radius 1 is 1.50 bits per heavy atom. The van der Waals surface area contributed by atoms with E-state index in [-0.39, 0.29) is 6.04 Å². The number of rotatable bonds is 4. The summed E-state index contributed by atoms with van der Waals surface area (Å²) in [4.78, 5) is 6.60. The smallest absolute Gasteiger partial charge is 0.0762 e. The first kappa shape index (κ1) is 13.2. The Morgan fingerprint density at radius 2 is 2.19 bits per heavy atom. The van der Waals surface area contributed by atoms with E-state index in [1.807, 2.05) is 24.9 Å². The zero-order chi connectivity index (χ0) is 12.1. The highest BCUT2D eigenvalue weighted by molar-refractivity contribution is 9.11. The quantitative estimate of drug-likeness (QED) is 0.715. The van der Waals surface area contributed by atoms with E-state index in [1.165, 1.54) is 11.1 Å². The first-order chi connectivity index (χ1) is 7.65. The molecule has 0 amide bonds. The van der Waals surface area contributed by atoms with Crippen LogP contribution in [0.1, 0.15) is 27.2 Å². The van der Waals surface area contributed by atoms with Crippen LogP contribution < -0.4 is 0 Å². The molecule has 0 aliphatic carbocycles. The molecule has 0 saturated heterocycles. The molecule has 0 N–H and O–H groups in total. The Hall–Kier alpha value is -0.890. The van der Waals surface area contributed by atoms with Crippen LogP contribution in [-0.2, 0) is 0 Å². The van der Waals surface area contributed by atoms with Gasteiger partial charge in [-0.3, -0.25) is 4.99 Å². The zero-order valence-electron chi connectivity index (χ0n) is 10.1. The lowest BCUT2D eigenvalue weighted by Gasteiger charge is -2.10. The molecular weight excluding hydrogens is 262 g/mol. The van der Waals surface area contributed by atoms with Crippen LogP contribution in [0.2, 0.25) is 0 Å². The average molecular weight is 280 g/mol. The zero-order valence-corrected chi connectivity index (χ0v) is 11.7. The molecule has 1 heterocycles. The fraction of sp³-hybridized carbons (Fsp3) is 0.357. The molecule has 1 aliphatic heterocycles. The van der Waals surface area contributed by atoms with Crippen molar-refractivity contribution in [1.29, 1.82) is 0 Å². The largest absolute Gasteiger partial charge is 0.277 e. The topological polar surface area (TPSA) is 12.4 Å². The minimum absolute atomic E-state index is 0.266. The lowest BCUT2D eigenvalue weighted by atomic mass is 9.95. The first-order valence-electron chi connectivity index (χ1n) is 5.53. The van der Waals surface area contributed by atoms with Gasteiger partial charge in [0.05, 0.1) is 11.8 Å². The number of hydrogen-bond acceptors (Lipinski definition) is 1. The van der Waals surface area contributed by atoms with Crippen LogP contribution in [0.4, 0.5) is 0 Å². The van der Waals surface area contributed by atoms with Crippen molar-refractivity contribution >= 4 is 21.6 Å². The summed E-state index contributed by atoms with van der Waals surface area (Å²) in [5.74, 6) is 0. The minimum atomic E-state index is 0.266. The summed E-state index contributed by atoms with van der Waals surface area (Å²) in [5, 5.41) is 0. The summed E-state index contributed by atoms with van der Waals surface area (Å²) in [5.41, 5.74) is 4.62. The van der Waals surface area contributed by atoms with E-state index < -0.39 is 0 Å². The van der Waals surface area contributed by atoms with E-state index in [9.17, 15) is 0 Å². The number of allylic oxidation sites excluding steroid dienone is 4. The Kier molecular flexibility index (Phi) is 4.94. The Bertz CT molecular complexity index is 397. The maximum atomic E-state index is 4.72. The molecule has 0 bridgehead atoms. The van der Waals surface area contributed by atoms with Gasteiger partial charge in [-0.1, -0.05) is 41.1 Å². The van der Waals surface area contributed by atoms with Gasteiger partial charge in [-0.2, -0.15) is 0 Å². The van der Waals surface area contributed by atoms with E-state index in [1.54, 1.807) is 0 Å². The van der Waals surface area contributed by atoms with Crippen molar-refractivity contribution in [2.75, 3.05) is 0 Å². The Morgan fingerprint density at radius 3 is 2.62 bits per heavy atom. The molecule has 1 atom stereocenters. The van der Waals surface area contributed by atoms with Gasteiger partial charge in [-0.05, 0) is 43.0 Å². The van der Waals surface area contributed by atoms with Crippen molar-refractivity contribution in [2.45, 2.75) is 33.2 Å². The summed E-state index contributed by atoms with van der Waals surface area (Å²) in [6, 6.07) is 0.266. The van der Waals surface area contributed by atoms with Crippen LogP contribution in [0.5, 0.6) is 0 Å². The van der Waals surface area contributed by atoms with Gasteiger partial charge in [0.1, 0.15) is 0 Å². The number of hydrogen-bond donors (Lipinski definition) is 0. The summed E-state index contributed by atoms with van der Waals surface area (Å²) in [7, 11) is 0. The van der Waals surface area contributed by atoms with Gasteiger partial charge < -0.3 is 0 Å². The maximum Gasteiger partial charge on any atom is 0.0762 e. The lowest BCUT2D eigenvalue weighted by molar-refractivity contribution is 0.761. The van der Waals surface area contributed by atoms with E-state index in [2.05, 4.69) is 41.6 Å². The van der Waals surface area contributed by atoms with E-state index in [0.29, 0.717) is 0 Å². The molecule has 1 rings (SSSR count). The third-order valence-corrected chi connectivity index (χ3v) is 2.86. The monoisotopic (exact) mass is 279 g/mol. The fourth-order valence-corrected chi connectivity index (χ4v) is 2.22. The third kappa shape index (κ3) is 2.62. The predicted molar refractivity (Wildman–Crippen MR) is 76.2 cm³/mol. The van der Waals surface area contributed by atoms with Crippen molar-refractivity contribution in [3.05, 3.63) is 46.5 Å². The van der Waals surface area contributed by atoms with Crippen molar-refractivity contribution < 1.29 is 0 Å². The molecule has 16 heavy (non-hydrogen) atoms. The van der Waals surface area contributed by atoms with Gasteiger partial charge in [-0.15, -0.1) is 0 Å². The Labute approximate surface area is 106 Å². The lowest BCUT2D eigenvalue weighted by Crippen LogP contribution is -2.04. The van der Waals surface area contributed by atoms with Crippen LogP contribution in [0, 0.1) is 0 Å². The molecule has 1 nitrogen and oxygen atoms in total. The van der Waals surface area contributed by atoms with Gasteiger partial charge >= 0.3 is 0 Å². The summed E-state index contributed by atoms with van der Waals surface area (Å²) in [6.45, 7) is 10.3. The molecule has 0 aromatic heterocycles. The third-order valence-electron chi connectivity index (χ3n) is 2.59. The van der Waals surface area contributed by atoms with E-state index >= 15 is 0 Å². The number of aliphatic imine (C=N–C) groups is 1. The van der Waals surface area contributed by atoms with Gasteiger partial charge in [-0.25, -0.2) is 0 Å². The summed E-state index contributed by atoms with van der Waals surface area (Å²) < 4.78 is 0. The highest BCUT2D eigenvalue weighted by Gasteiger charge is 2.24. The second-order valence-corrected chi connectivity index (χ2v) is 4.37. The fourth-order valence-electron chi connectivity index (χ4n) is 1.96. The molecule has 1 aliphatic rings. The minimum Gasteiger partial charge on any atom is -0.277 e. The first-order valence-corrected chi connectivity index (χ1v) is 6.44. The van der Waals surface area contributed by atoms with E-state index in [4.69, 9.17) is 4.99 Å². The van der Waals surface area contributed by atoms with Crippen LogP contribution in [0.15, 0.2) is 51.5 Å². The van der Waals surface area contributed by atoms with Crippen LogP contribution in [0.25, 0.3) is 0 Å². The van der Waals surface area contributed by atoms with E-state index in [0.717, 1.165) is 17.7 Å². The molecule has 0 radical (unpaired) electrons. The van der Waals surface area contributed by atoms with Crippen LogP contribution in [0.3, 0.4) is 0 Å². The molecule has 0 saturated carbocycles. The van der Waals surface area contributed by atoms with Gasteiger partial charge in [0.15, 0.2) is 0 Å². The molecular formula is C14H18BrN. The molecule has 0 unspecified atom stereocenters. The van der Waals surface area contributed by atoms with Gasteiger partial charge in [0.25, 0.3) is 0 Å². The normalized spacial score (nSPS) is 21.2. The van der Waals surface area contributed by atoms with Crippen molar-refractivity contribution in [1.82, 2.24) is 0 Å². The SMILES string of the molecule is C=C(C)C1=C(/C=C/Br)C(/C=C\C)=N[C@@H]1CC. The van der Waals surface area contributed by atoms with Crippen molar-refractivity contribution in [3.63, 3.8) is 0 Å². The van der Waals surface area contributed by atoms with Crippen molar-refractivity contribution in [2.24, 2.45) is 4.99 Å². The average Bonchev–Trinajstić information content (AvgIpc) is 2.58. The van der Waals surface area contributed by atoms with Crippen LogP contribution in [-0.4, -0.2) is 11.8 Å². The number of halogens is 1. The second-order valence-electron chi connectivity index (χ2n) is 3.84. The molecule has 0 aromatic rings. The molecule has 0 aromatic carbocycles. The second kappa shape index (κ2) is 6.00. The standard InChI is InChI=1S/C14H18BrN/c1-5-7-13-11(8-9-15)14(10(3)4)12(6-2)16-13/h5,7-9,12H,3,6H2,1-2,4H3/b7-5-,9-8+/t12-/m1/s1. The Balaban J connectivity index is 3.27. The van der Waals surface area contributed by atoms with Gasteiger partial charge in [0, 0.05) is 5.57 Å². The number of nitrogens with zero attached hydrogens (tertiary/aromatic N) is 1. The van der Waals surface area contributed by atoms with Gasteiger partial charge in [0.2, 0.25) is 0 Å². The summed E-state index contributed by atoms with van der Waals surface area (Å²) in [6.07, 6.45) is 7.15.